The Morgan fingerprint density at radius 1 is 1.06 bits per heavy atom. The van der Waals surface area contributed by atoms with Gasteiger partial charge in [-0.05, 0) is 30.8 Å². The zero-order valence-corrected chi connectivity index (χ0v) is 11.6. The van der Waals surface area contributed by atoms with Gasteiger partial charge in [-0.25, -0.2) is 0 Å². The summed E-state index contributed by atoms with van der Waals surface area (Å²) in [6.45, 7) is 4.51. The molecule has 0 aromatic rings. The van der Waals surface area contributed by atoms with Gasteiger partial charge in [0.05, 0.1) is 0 Å². The third-order valence-electron chi connectivity index (χ3n) is 4.05. The molecule has 0 saturated heterocycles. The van der Waals surface area contributed by atoms with Crippen LogP contribution in [-0.4, -0.2) is 5.78 Å². The molecule has 0 saturated carbocycles. The van der Waals surface area contributed by atoms with Gasteiger partial charge >= 0.3 is 0 Å². The Bertz CT molecular complexity index is 242. The maximum Gasteiger partial charge on any atom is 0.155 e. The fraction of sp³-hybridized carbons (Fsp3) is 0.812. The molecule has 1 heteroatoms. The summed E-state index contributed by atoms with van der Waals surface area (Å²) in [7, 11) is 0. The number of unbranched alkanes of at least 4 members (excludes halogenated alkanes) is 4. The first-order valence-corrected chi connectivity index (χ1v) is 7.44. The highest BCUT2D eigenvalue weighted by atomic mass is 16.1. The highest BCUT2D eigenvalue weighted by molar-refractivity contribution is 5.90. The molecule has 0 unspecified atom stereocenters. The Balaban J connectivity index is 2.51. The van der Waals surface area contributed by atoms with Gasteiger partial charge in [0.15, 0.2) is 5.78 Å². The first-order chi connectivity index (χ1) is 8.22. The Kier molecular flexibility index (Phi) is 6.54. The third kappa shape index (κ3) is 5.06. The van der Waals surface area contributed by atoms with Crippen LogP contribution in [0.1, 0.15) is 78.1 Å². The van der Waals surface area contributed by atoms with Gasteiger partial charge in [0, 0.05) is 6.42 Å². The molecule has 1 aliphatic rings. The topological polar surface area (TPSA) is 17.1 Å². The third-order valence-corrected chi connectivity index (χ3v) is 4.05. The lowest BCUT2D eigenvalue weighted by Gasteiger charge is -2.33. The van der Waals surface area contributed by atoms with E-state index in [0.717, 1.165) is 12.8 Å². The second-order valence-electron chi connectivity index (χ2n) is 5.58. The van der Waals surface area contributed by atoms with Crippen LogP contribution in [0.5, 0.6) is 0 Å². The van der Waals surface area contributed by atoms with Crippen molar-refractivity contribution in [2.75, 3.05) is 0 Å². The van der Waals surface area contributed by atoms with Crippen molar-refractivity contribution in [2.24, 2.45) is 5.41 Å². The van der Waals surface area contributed by atoms with Crippen LogP contribution < -0.4 is 0 Å². The summed E-state index contributed by atoms with van der Waals surface area (Å²) in [5.41, 5.74) is 0.359. The van der Waals surface area contributed by atoms with Crippen molar-refractivity contribution in [2.45, 2.75) is 78.1 Å². The molecule has 0 bridgehead atoms. The first kappa shape index (κ1) is 14.5. The van der Waals surface area contributed by atoms with Crippen LogP contribution in [0, 0.1) is 5.41 Å². The van der Waals surface area contributed by atoms with Gasteiger partial charge < -0.3 is 0 Å². The summed E-state index contributed by atoms with van der Waals surface area (Å²) in [6, 6.07) is 0. The predicted octanol–water partition coefficient (Wildman–Crippen LogP) is 5.05. The van der Waals surface area contributed by atoms with E-state index < -0.39 is 0 Å². The van der Waals surface area contributed by atoms with Crippen LogP contribution in [0.3, 0.4) is 0 Å². The second kappa shape index (κ2) is 7.68. The summed E-state index contributed by atoms with van der Waals surface area (Å²) in [4.78, 5) is 11.3. The number of carbonyl (C=O) groups is 1. The average molecular weight is 236 g/mol. The van der Waals surface area contributed by atoms with Gasteiger partial charge in [-0.3, -0.25) is 4.79 Å². The van der Waals surface area contributed by atoms with Gasteiger partial charge in [-0.15, -0.1) is 0 Å². The molecule has 0 aliphatic heterocycles. The first-order valence-electron chi connectivity index (χ1n) is 7.44. The van der Waals surface area contributed by atoms with E-state index in [2.05, 4.69) is 19.9 Å². The highest BCUT2D eigenvalue weighted by Gasteiger charge is 2.29. The molecule has 1 rings (SSSR count). The predicted molar refractivity (Wildman–Crippen MR) is 74.1 cm³/mol. The maximum atomic E-state index is 11.3. The van der Waals surface area contributed by atoms with E-state index in [-0.39, 0.29) is 0 Å². The van der Waals surface area contributed by atoms with E-state index in [1.54, 1.807) is 0 Å². The molecule has 0 amide bonds. The number of hydrogen-bond donors (Lipinski definition) is 0. The van der Waals surface area contributed by atoms with Crippen molar-refractivity contribution in [3.05, 3.63) is 12.2 Å². The summed E-state index contributed by atoms with van der Waals surface area (Å²) >= 11 is 0. The molecule has 0 aromatic heterocycles. The van der Waals surface area contributed by atoms with Crippen molar-refractivity contribution in [1.29, 1.82) is 0 Å². The van der Waals surface area contributed by atoms with Gasteiger partial charge in [-0.2, -0.15) is 0 Å². The molecular formula is C16H28O. The van der Waals surface area contributed by atoms with Crippen molar-refractivity contribution < 1.29 is 4.79 Å². The standard InChI is InChI=1S/C16H28O/c1-3-5-7-11-16(12-8-6-4-2)13-9-15(17)10-14-16/h9,13H,3-8,10-12,14H2,1-2H3. The number of ketones is 1. The molecule has 0 N–H and O–H groups in total. The fourth-order valence-electron chi connectivity index (χ4n) is 2.80. The second-order valence-corrected chi connectivity index (χ2v) is 5.58. The van der Waals surface area contributed by atoms with Crippen molar-refractivity contribution in [3.8, 4) is 0 Å². The normalized spacial score (nSPS) is 18.6. The summed E-state index contributed by atoms with van der Waals surface area (Å²) in [5, 5.41) is 0. The van der Waals surface area contributed by atoms with Crippen LogP contribution in [-0.2, 0) is 4.79 Å². The quantitative estimate of drug-likeness (QED) is 0.539. The number of carbonyl (C=O) groups excluding carboxylic acids is 1. The Labute approximate surface area is 107 Å². The van der Waals surface area contributed by atoms with Crippen LogP contribution in [0.15, 0.2) is 12.2 Å². The molecular weight excluding hydrogens is 208 g/mol. The molecule has 1 aliphatic carbocycles. The smallest absolute Gasteiger partial charge is 0.155 e. The zero-order valence-electron chi connectivity index (χ0n) is 11.6. The van der Waals surface area contributed by atoms with Crippen LogP contribution in [0.25, 0.3) is 0 Å². The highest BCUT2D eigenvalue weighted by Crippen LogP contribution is 2.40. The SMILES string of the molecule is CCCCCC1(CCCCC)C=CC(=O)CC1. The van der Waals surface area contributed by atoms with E-state index in [0.29, 0.717) is 11.2 Å². The van der Waals surface area contributed by atoms with E-state index in [1.165, 1.54) is 51.4 Å². The summed E-state index contributed by atoms with van der Waals surface area (Å²) in [5.74, 6) is 0.326. The van der Waals surface area contributed by atoms with E-state index in [1.807, 2.05) is 6.08 Å². The fourth-order valence-corrected chi connectivity index (χ4v) is 2.80. The van der Waals surface area contributed by atoms with Gasteiger partial charge in [0.2, 0.25) is 0 Å². The molecule has 17 heavy (non-hydrogen) atoms. The number of hydrogen-bond acceptors (Lipinski definition) is 1. The molecule has 0 fully saturated rings. The minimum Gasteiger partial charge on any atom is -0.295 e. The van der Waals surface area contributed by atoms with Gasteiger partial charge in [0.1, 0.15) is 0 Å². The molecule has 0 aromatic carbocycles. The molecule has 0 heterocycles. The van der Waals surface area contributed by atoms with E-state index >= 15 is 0 Å². The van der Waals surface area contributed by atoms with E-state index in [4.69, 9.17) is 0 Å². The number of allylic oxidation sites excluding steroid dienone is 2. The maximum absolute atomic E-state index is 11.3. The summed E-state index contributed by atoms with van der Waals surface area (Å²) in [6.07, 6.45) is 16.4. The Morgan fingerprint density at radius 2 is 1.65 bits per heavy atom. The van der Waals surface area contributed by atoms with Crippen molar-refractivity contribution in [3.63, 3.8) is 0 Å². The zero-order chi connectivity index (χ0) is 12.6. The Hall–Kier alpha value is -0.590. The molecule has 98 valence electrons. The van der Waals surface area contributed by atoms with Crippen LogP contribution in [0.4, 0.5) is 0 Å². The van der Waals surface area contributed by atoms with Crippen LogP contribution in [0.2, 0.25) is 0 Å². The minimum absolute atomic E-state index is 0.326. The monoisotopic (exact) mass is 236 g/mol. The molecule has 1 nitrogen and oxygen atoms in total. The van der Waals surface area contributed by atoms with Gasteiger partial charge in [-0.1, -0.05) is 58.4 Å². The molecule has 0 radical (unpaired) electrons. The van der Waals surface area contributed by atoms with Crippen molar-refractivity contribution >= 4 is 5.78 Å². The average Bonchev–Trinajstić information content (AvgIpc) is 2.34. The minimum atomic E-state index is 0.326. The van der Waals surface area contributed by atoms with E-state index in [9.17, 15) is 4.79 Å². The van der Waals surface area contributed by atoms with Gasteiger partial charge in [0.25, 0.3) is 0 Å². The molecule has 0 atom stereocenters. The molecule has 0 spiro atoms. The number of rotatable bonds is 8. The van der Waals surface area contributed by atoms with Crippen molar-refractivity contribution in [1.82, 2.24) is 0 Å². The van der Waals surface area contributed by atoms with Crippen LogP contribution >= 0.6 is 0 Å². The summed E-state index contributed by atoms with van der Waals surface area (Å²) < 4.78 is 0. The largest absolute Gasteiger partial charge is 0.295 e. The lowest BCUT2D eigenvalue weighted by molar-refractivity contribution is -0.115. The Morgan fingerprint density at radius 3 is 2.06 bits per heavy atom. The lowest BCUT2D eigenvalue weighted by Crippen LogP contribution is -2.23. The lowest BCUT2D eigenvalue weighted by atomic mass is 9.71.